The molecular weight excluding hydrogens is 306 g/mol. The topological polar surface area (TPSA) is 78.2 Å². The van der Waals surface area contributed by atoms with Crippen LogP contribution in [0.15, 0.2) is 29.1 Å². The lowest BCUT2D eigenvalue weighted by Gasteiger charge is -2.29. The van der Waals surface area contributed by atoms with Crippen LogP contribution >= 0.6 is 0 Å². The average molecular weight is 329 g/mol. The second-order valence-electron chi connectivity index (χ2n) is 6.50. The van der Waals surface area contributed by atoms with Gasteiger partial charge in [-0.2, -0.15) is 0 Å². The summed E-state index contributed by atoms with van der Waals surface area (Å²) in [6.45, 7) is 6.92. The van der Waals surface area contributed by atoms with Crippen molar-refractivity contribution in [3.63, 3.8) is 0 Å². The maximum absolute atomic E-state index is 12.7. The minimum atomic E-state index is -0.572. The van der Waals surface area contributed by atoms with Crippen LogP contribution in [-0.4, -0.2) is 33.7 Å². The third-order valence-electron chi connectivity index (χ3n) is 4.45. The Labute approximate surface area is 140 Å². The minimum absolute atomic E-state index is 0.0683. The van der Waals surface area contributed by atoms with Gasteiger partial charge in [-0.15, -0.1) is 0 Å². The number of benzene rings is 1. The molecule has 1 aliphatic rings. The van der Waals surface area contributed by atoms with E-state index in [1.807, 2.05) is 24.3 Å². The van der Waals surface area contributed by atoms with Crippen LogP contribution in [0.4, 0.5) is 0 Å². The van der Waals surface area contributed by atoms with Gasteiger partial charge in [0.25, 0.3) is 11.5 Å². The molecule has 1 aromatic carbocycles. The fraction of sp³-hybridized carbons (Fsp3) is 0.444. The van der Waals surface area contributed by atoms with E-state index in [-0.39, 0.29) is 11.5 Å². The number of nitrogens with one attached hydrogen (secondary N) is 2. The Bertz CT molecular complexity index is 791. The van der Waals surface area contributed by atoms with Crippen LogP contribution < -0.4 is 10.3 Å². The molecule has 6 heteroatoms. The second-order valence-corrected chi connectivity index (χ2v) is 6.50. The third kappa shape index (κ3) is 3.09. The number of H-pyrrole nitrogens is 2. The molecule has 1 amide bonds. The highest BCUT2D eigenvalue weighted by molar-refractivity contribution is 5.81. The monoisotopic (exact) mass is 329 g/mol. The summed E-state index contributed by atoms with van der Waals surface area (Å²) in [6.07, 6.45) is -0.00743. The Hall–Kier alpha value is -2.50. The Balaban J connectivity index is 1.71. The summed E-state index contributed by atoms with van der Waals surface area (Å²) in [6, 6.07) is 7.81. The molecule has 0 saturated heterocycles. The van der Waals surface area contributed by atoms with Gasteiger partial charge < -0.3 is 14.7 Å². The summed E-state index contributed by atoms with van der Waals surface area (Å²) in [5.74, 6) is 1.01. The maximum Gasteiger partial charge on any atom is 0.267 e. The lowest BCUT2D eigenvalue weighted by atomic mass is 10.0. The maximum atomic E-state index is 12.7. The number of fused-ring (bicyclic) bond motifs is 1. The van der Waals surface area contributed by atoms with Gasteiger partial charge in [-0.05, 0) is 30.9 Å². The number of nitrogens with zero attached hydrogens (tertiary/aromatic N) is 1. The molecule has 1 aliphatic heterocycles. The zero-order valence-electron chi connectivity index (χ0n) is 14.3. The number of aromatic nitrogens is 2. The van der Waals surface area contributed by atoms with Crippen molar-refractivity contribution in [3.8, 4) is 5.75 Å². The highest BCUT2D eigenvalue weighted by Gasteiger charge is 2.28. The van der Waals surface area contributed by atoms with Crippen molar-refractivity contribution < 1.29 is 9.53 Å². The van der Waals surface area contributed by atoms with Crippen LogP contribution in [0.25, 0.3) is 0 Å². The van der Waals surface area contributed by atoms with Crippen LogP contribution in [-0.2, 0) is 17.8 Å². The van der Waals surface area contributed by atoms with E-state index >= 15 is 0 Å². The van der Waals surface area contributed by atoms with Gasteiger partial charge in [-0.25, -0.2) is 0 Å². The van der Waals surface area contributed by atoms with Crippen LogP contribution in [0.5, 0.6) is 5.75 Å². The number of rotatable bonds is 4. The van der Waals surface area contributed by atoms with Crippen molar-refractivity contribution in [2.24, 2.45) is 0 Å². The number of aromatic amines is 2. The number of carbonyl (C=O) groups excluding carboxylic acids is 1. The number of carbonyl (C=O) groups is 1. The largest absolute Gasteiger partial charge is 0.481 e. The summed E-state index contributed by atoms with van der Waals surface area (Å²) < 4.78 is 5.94. The second kappa shape index (κ2) is 6.55. The molecule has 1 atom stereocenters. The molecule has 2 heterocycles. The van der Waals surface area contributed by atoms with Crippen LogP contribution in [0.3, 0.4) is 0 Å². The molecular formula is C18H23N3O3. The summed E-state index contributed by atoms with van der Waals surface area (Å²) in [5.41, 5.74) is 2.53. The molecule has 0 spiro atoms. The van der Waals surface area contributed by atoms with Gasteiger partial charge in [-0.3, -0.25) is 14.7 Å². The lowest BCUT2D eigenvalue weighted by molar-refractivity contribution is -0.139. The number of amides is 1. The predicted octanol–water partition coefficient (Wildman–Crippen LogP) is 2.18. The zero-order chi connectivity index (χ0) is 17.3. The predicted molar refractivity (Wildman–Crippen MR) is 91.2 cm³/mol. The first-order valence-corrected chi connectivity index (χ1v) is 8.30. The van der Waals surface area contributed by atoms with Crippen molar-refractivity contribution in [2.45, 2.75) is 45.8 Å². The fourth-order valence-electron chi connectivity index (χ4n) is 3.09. The van der Waals surface area contributed by atoms with Crippen LogP contribution in [0.2, 0.25) is 0 Å². The van der Waals surface area contributed by atoms with Crippen LogP contribution in [0, 0.1) is 0 Å². The molecule has 3 rings (SSSR count). The molecule has 0 aliphatic carbocycles. The highest BCUT2D eigenvalue weighted by Crippen LogP contribution is 2.27. The van der Waals surface area contributed by atoms with Crippen molar-refractivity contribution >= 4 is 5.91 Å². The molecule has 0 saturated carbocycles. The molecule has 0 fully saturated rings. The lowest BCUT2D eigenvalue weighted by Crippen LogP contribution is -2.43. The fourth-order valence-corrected chi connectivity index (χ4v) is 3.09. The third-order valence-corrected chi connectivity index (χ3v) is 4.45. The number of para-hydroxylation sites is 1. The molecule has 6 nitrogen and oxygen atoms in total. The number of ether oxygens (including phenoxy) is 1. The quantitative estimate of drug-likeness (QED) is 0.902. The SMILES string of the molecule is CC(Oc1ccccc1C(C)C)C(=O)N1CCc2c([nH][nH]c2=O)C1. The van der Waals surface area contributed by atoms with E-state index in [0.717, 1.165) is 22.6 Å². The van der Waals surface area contributed by atoms with Crippen molar-refractivity contribution in [1.29, 1.82) is 0 Å². The van der Waals surface area contributed by atoms with Gasteiger partial charge in [0.2, 0.25) is 0 Å². The minimum Gasteiger partial charge on any atom is -0.481 e. The first-order valence-electron chi connectivity index (χ1n) is 8.30. The van der Waals surface area contributed by atoms with Crippen molar-refractivity contribution in [2.75, 3.05) is 6.54 Å². The normalized spacial score (nSPS) is 15.2. The molecule has 0 radical (unpaired) electrons. The van der Waals surface area contributed by atoms with E-state index in [9.17, 15) is 9.59 Å². The van der Waals surface area contributed by atoms with E-state index in [4.69, 9.17) is 4.74 Å². The van der Waals surface area contributed by atoms with E-state index in [0.29, 0.717) is 25.4 Å². The van der Waals surface area contributed by atoms with Gasteiger partial charge in [0.15, 0.2) is 6.10 Å². The van der Waals surface area contributed by atoms with Gasteiger partial charge >= 0.3 is 0 Å². The molecule has 24 heavy (non-hydrogen) atoms. The average Bonchev–Trinajstić information content (AvgIpc) is 2.95. The Morgan fingerprint density at radius 1 is 1.21 bits per heavy atom. The molecule has 128 valence electrons. The van der Waals surface area contributed by atoms with Gasteiger partial charge in [0, 0.05) is 12.1 Å². The van der Waals surface area contributed by atoms with Crippen LogP contribution in [0.1, 0.15) is 43.5 Å². The first-order chi connectivity index (χ1) is 11.5. The van der Waals surface area contributed by atoms with E-state index in [2.05, 4.69) is 24.0 Å². The van der Waals surface area contributed by atoms with Crippen molar-refractivity contribution in [1.82, 2.24) is 15.1 Å². The van der Waals surface area contributed by atoms with Gasteiger partial charge in [0.1, 0.15) is 5.75 Å². The molecule has 2 N–H and O–H groups in total. The number of hydrogen-bond acceptors (Lipinski definition) is 3. The highest BCUT2D eigenvalue weighted by atomic mass is 16.5. The van der Waals surface area contributed by atoms with E-state index in [1.54, 1.807) is 11.8 Å². The summed E-state index contributed by atoms with van der Waals surface area (Å²) >= 11 is 0. The number of hydrogen-bond donors (Lipinski definition) is 2. The standard InChI is InChI=1S/C18H23N3O3/c1-11(2)13-6-4-5-7-16(13)24-12(3)18(23)21-9-8-14-15(10-21)19-20-17(14)22/h4-7,11-12H,8-10H2,1-3H3,(H2,19,20,22). The zero-order valence-corrected chi connectivity index (χ0v) is 14.3. The summed E-state index contributed by atoms with van der Waals surface area (Å²) in [5, 5.41) is 5.43. The Kier molecular flexibility index (Phi) is 4.46. The Morgan fingerprint density at radius 2 is 1.96 bits per heavy atom. The smallest absolute Gasteiger partial charge is 0.267 e. The first kappa shape index (κ1) is 16.4. The molecule has 2 aromatic rings. The van der Waals surface area contributed by atoms with E-state index < -0.39 is 6.10 Å². The Morgan fingerprint density at radius 3 is 2.71 bits per heavy atom. The molecule has 1 unspecified atom stereocenters. The molecule has 1 aromatic heterocycles. The van der Waals surface area contributed by atoms with Crippen molar-refractivity contribution in [3.05, 3.63) is 51.4 Å². The molecule has 0 bridgehead atoms. The summed E-state index contributed by atoms with van der Waals surface area (Å²) in [4.78, 5) is 26.0. The van der Waals surface area contributed by atoms with E-state index in [1.165, 1.54) is 0 Å². The van der Waals surface area contributed by atoms with Gasteiger partial charge in [-0.1, -0.05) is 32.0 Å². The van der Waals surface area contributed by atoms with Gasteiger partial charge in [0.05, 0.1) is 12.2 Å². The summed E-state index contributed by atoms with van der Waals surface area (Å²) in [7, 11) is 0.